The Hall–Kier alpha value is -4.42. The fourth-order valence-corrected chi connectivity index (χ4v) is 8.78. The number of aromatic nitrogens is 2. The smallest absolute Gasteiger partial charge is 0.0794 e. The zero-order valence-corrected chi connectivity index (χ0v) is 28.9. The van der Waals surface area contributed by atoms with Crippen molar-refractivity contribution in [2.45, 2.75) is 20.8 Å². The quantitative estimate of drug-likeness (QED) is 0.184. The van der Waals surface area contributed by atoms with Crippen molar-refractivity contribution in [3.05, 3.63) is 141 Å². The van der Waals surface area contributed by atoms with E-state index in [0.29, 0.717) is 0 Å². The van der Waals surface area contributed by atoms with Gasteiger partial charge in [-0.2, -0.15) is 0 Å². The normalized spacial score (nSPS) is 12.2. The number of hydrogen-bond donors (Lipinski definition) is 0. The van der Waals surface area contributed by atoms with Crippen LogP contribution >= 0.6 is 38.6 Å². The van der Waals surface area contributed by atoms with Gasteiger partial charge in [-0.1, -0.05) is 89.5 Å². The molecule has 0 saturated heterocycles. The Morgan fingerprint density at radius 2 is 0.696 bits per heavy atom. The van der Waals surface area contributed by atoms with Crippen LogP contribution in [-0.2, 0) is 0 Å². The summed E-state index contributed by atoms with van der Waals surface area (Å²) in [7, 11) is 0. The minimum Gasteiger partial charge on any atom is -0.248 e. The van der Waals surface area contributed by atoms with Gasteiger partial charge in [0.05, 0.1) is 27.2 Å². The molecular formula is C41H29BrN2S2. The molecule has 5 heteroatoms. The maximum Gasteiger partial charge on any atom is 0.0794 e. The molecule has 3 aromatic carbocycles. The molecule has 0 saturated carbocycles. The standard InChI is InChI=1S/C41H29BrN2S2/c1-24-4-10-27(11-5-24)38-30-16-17-31(43-30)39(28-12-6-25(2)7-13-28)36-22-23-37(46-36)41(42)33-19-18-32(44-33)40(35-21-20-34(38)45-35)29-14-8-26(3)9-15-29/h4-23H,1-3H3. The molecule has 46 heavy (non-hydrogen) atoms. The van der Waals surface area contributed by atoms with Gasteiger partial charge in [-0.15, -0.1) is 22.7 Å². The summed E-state index contributed by atoms with van der Waals surface area (Å²) >= 11 is 7.50. The Morgan fingerprint density at radius 1 is 0.391 bits per heavy atom. The second kappa shape index (κ2) is 11.7. The molecule has 0 spiro atoms. The van der Waals surface area contributed by atoms with Crippen molar-refractivity contribution in [3.8, 4) is 33.4 Å². The van der Waals surface area contributed by atoms with E-state index in [4.69, 9.17) is 9.97 Å². The van der Waals surface area contributed by atoms with E-state index in [0.717, 1.165) is 65.3 Å². The summed E-state index contributed by atoms with van der Waals surface area (Å²) in [5.74, 6) is 0. The summed E-state index contributed by atoms with van der Waals surface area (Å²) in [5, 5.41) is 0. The van der Waals surface area contributed by atoms with Gasteiger partial charge in [0.2, 0.25) is 0 Å². The van der Waals surface area contributed by atoms with E-state index in [1.807, 2.05) is 0 Å². The number of hydrogen-bond acceptors (Lipinski definition) is 4. The van der Waals surface area contributed by atoms with Crippen LogP contribution in [0.5, 0.6) is 0 Å². The summed E-state index contributed by atoms with van der Waals surface area (Å²) in [6.45, 7) is 6.39. The lowest BCUT2D eigenvalue weighted by Crippen LogP contribution is -1.86. The first-order valence-electron chi connectivity index (χ1n) is 15.3. The van der Waals surface area contributed by atoms with Crippen molar-refractivity contribution >= 4 is 81.7 Å². The van der Waals surface area contributed by atoms with Crippen molar-refractivity contribution in [2.75, 3.05) is 0 Å². The lowest BCUT2D eigenvalue weighted by molar-refractivity contribution is 1.32. The van der Waals surface area contributed by atoms with E-state index in [-0.39, 0.29) is 0 Å². The van der Waals surface area contributed by atoms with Gasteiger partial charge in [0, 0.05) is 35.5 Å². The monoisotopic (exact) mass is 692 g/mol. The van der Waals surface area contributed by atoms with Crippen LogP contribution in [0.15, 0.2) is 102 Å². The SMILES string of the molecule is Cc1ccc(-c2c3nc(c(-c4ccc(C)cc4)c4ccc(s4)c(-c4ccc(C)cc4)c4nc(c(Br)c5ccc2s5)C=C4)C=C3)cc1. The Balaban J connectivity index is 1.54. The molecule has 0 radical (unpaired) electrons. The summed E-state index contributed by atoms with van der Waals surface area (Å²) in [4.78, 5) is 10.6. The molecule has 0 N–H and O–H groups in total. The molecular weight excluding hydrogens is 665 g/mol. The molecule has 0 amide bonds. The molecule has 0 atom stereocenters. The highest BCUT2D eigenvalue weighted by Crippen LogP contribution is 2.42. The van der Waals surface area contributed by atoms with Gasteiger partial charge in [0.15, 0.2) is 0 Å². The molecule has 3 aromatic heterocycles. The number of fused-ring (bicyclic) bond motifs is 8. The van der Waals surface area contributed by atoms with Gasteiger partial charge in [-0.3, -0.25) is 0 Å². The van der Waals surface area contributed by atoms with E-state index >= 15 is 0 Å². The molecule has 2 aliphatic heterocycles. The van der Waals surface area contributed by atoms with Crippen LogP contribution in [0.3, 0.4) is 0 Å². The molecule has 0 fully saturated rings. The van der Waals surface area contributed by atoms with Crippen LogP contribution < -0.4 is 0 Å². The van der Waals surface area contributed by atoms with E-state index < -0.39 is 0 Å². The lowest BCUT2D eigenvalue weighted by atomic mass is 10.0. The molecule has 8 rings (SSSR count). The van der Waals surface area contributed by atoms with Crippen LogP contribution in [0.25, 0.3) is 76.5 Å². The Kier molecular flexibility index (Phi) is 7.41. The van der Waals surface area contributed by atoms with Crippen molar-refractivity contribution in [3.63, 3.8) is 0 Å². The Labute approximate surface area is 285 Å². The van der Waals surface area contributed by atoms with Crippen molar-refractivity contribution in [2.24, 2.45) is 0 Å². The molecule has 0 unspecified atom stereocenters. The fraction of sp³-hybridized carbons (Fsp3) is 0.0732. The van der Waals surface area contributed by atoms with Crippen molar-refractivity contribution in [1.29, 1.82) is 0 Å². The fourth-order valence-electron chi connectivity index (χ4n) is 6.00. The maximum atomic E-state index is 5.39. The first kappa shape index (κ1) is 29.0. The average Bonchev–Trinajstić information content (AvgIpc) is 3.89. The zero-order chi connectivity index (χ0) is 31.4. The molecule has 5 heterocycles. The van der Waals surface area contributed by atoms with Gasteiger partial charge in [0.1, 0.15) is 0 Å². The highest BCUT2D eigenvalue weighted by atomic mass is 79.9. The summed E-state index contributed by atoms with van der Waals surface area (Å²) in [6.07, 6.45) is 8.63. The first-order chi connectivity index (χ1) is 22.4. The minimum atomic E-state index is 0.925. The third-order valence-corrected chi connectivity index (χ3v) is 11.8. The predicted octanol–water partition coefficient (Wildman–Crippen LogP) is 12.8. The summed E-state index contributed by atoms with van der Waals surface area (Å²) in [5.41, 5.74) is 14.4. The average molecular weight is 694 g/mol. The first-order valence-corrected chi connectivity index (χ1v) is 17.7. The lowest BCUT2D eigenvalue weighted by Gasteiger charge is -2.06. The molecule has 2 aliphatic rings. The van der Waals surface area contributed by atoms with Gasteiger partial charge >= 0.3 is 0 Å². The maximum absolute atomic E-state index is 5.39. The predicted molar refractivity (Wildman–Crippen MR) is 204 cm³/mol. The second-order valence-electron chi connectivity index (χ2n) is 11.8. The molecule has 0 aliphatic carbocycles. The number of rotatable bonds is 3. The number of nitrogens with zero attached hydrogens (tertiary/aromatic N) is 2. The summed E-state index contributed by atoms with van der Waals surface area (Å²) < 4.78 is 5.64. The van der Waals surface area contributed by atoms with Crippen LogP contribution in [0.2, 0.25) is 0 Å². The van der Waals surface area contributed by atoms with Crippen LogP contribution in [0.4, 0.5) is 0 Å². The second-order valence-corrected chi connectivity index (χ2v) is 14.8. The van der Waals surface area contributed by atoms with Crippen molar-refractivity contribution in [1.82, 2.24) is 9.97 Å². The van der Waals surface area contributed by atoms with Crippen molar-refractivity contribution < 1.29 is 0 Å². The largest absolute Gasteiger partial charge is 0.248 e. The van der Waals surface area contributed by atoms with Gasteiger partial charge < -0.3 is 0 Å². The molecule has 6 aromatic rings. The van der Waals surface area contributed by atoms with E-state index in [1.165, 1.54) is 30.8 Å². The van der Waals surface area contributed by atoms with E-state index in [9.17, 15) is 0 Å². The zero-order valence-electron chi connectivity index (χ0n) is 25.6. The number of aryl methyl sites for hydroxylation is 3. The van der Waals surface area contributed by atoms with Crippen LogP contribution in [-0.4, -0.2) is 9.97 Å². The van der Waals surface area contributed by atoms with Crippen LogP contribution in [0.1, 0.15) is 39.5 Å². The third kappa shape index (κ3) is 5.28. The molecule has 8 bridgehead atoms. The molecule has 2 nitrogen and oxygen atoms in total. The number of thiophene rings is 2. The highest BCUT2D eigenvalue weighted by molar-refractivity contribution is 9.10. The Bertz CT molecular complexity index is 2330. The van der Waals surface area contributed by atoms with E-state index in [1.54, 1.807) is 22.7 Å². The summed E-state index contributed by atoms with van der Waals surface area (Å²) in [6, 6.07) is 35.2. The van der Waals surface area contributed by atoms with Gasteiger partial charge in [-0.05, 0) is 102 Å². The highest BCUT2D eigenvalue weighted by Gasteiger charge is 2.18. The van der Waals surface area contributed by atoms with E-state index in [2.05, 4.69) is 158 Å². The number of benzene rings is 3. The number of halogens is 1. The van der Waals surface area contributed by atoms with Crippen LogP contribution in [0, 0.1) is 20.8 Å². The minimum absolute atomic E-state index is 0.925. The molecule has 222 valence electrons. The Morgan fingerprint density at radius 3 is 1.09 bits per heavy atom. The topological polar surface area (TPSA) is 25.8 Å². The van der Waals surface area contributed by atoms with Gasteiger partial charge in [-0.25, -0.2) is 9.97 Å². The third-order valence-electron chi connectivity index (χ3n) is 8.46. The van der Waals surface area contributed by atoms with Gasteiger partial charge in [0.25, 0.3) is 0 Å².